The first-order valence-electron chi connectivity index (χ1n) is 8.40. The Morgan fingerprint density at radius 3 is 2.88 bits per heavy atom. The summed E-state index contributed by atoms with van der Waals surface area (Å²) in [6, 6.07) is 0.516. The Balaban J connectivity index is 0.00000208. The Bertz CT molecular complexity index is 532. The standard InChI is InChI=1S/C16H26N4O2S.HI/c1-11-10-23-15(19-11)7-18-16(20-13-4-5-13)17-6-14(21)9-22-8-12-2-3-12;/h10,12-14,21H,2-9H2,1H3,(H2,17,18,20);1H. The first-order valence-corrected chi connectivity index (χ1v) is 9.28. The Labute approximate surface area is 164 Å². The van der Waals surface area contributed by atoms with E-state index in [-0.39, 0.29) is 24.0 Å². The summed E-state index contributed by atoms with van der Waals surface area (Å²) < 4.78 is 5.52. The van der Waals surface area contributed by atoms with Crippen molar-refractivity contribution < 1.29 is 9.84 Å². The molecule has 136 valence electrons. The highest BCUT2D eigenvalue weighted by molar-refractivity contribution is 14.0. The molecule has 0 aliphatic heterocycles. The number of guanidine groups is 1. The van der Waals surface area contributed by atoms with E-state index in [1.54, 1.807) is 11.3 Å². The van der Waals surface area contributed by atoms with Gasteiger partial charge in [0.15, 0.2) is 5.96 Å². The predicted octanol–water partition coefficient (Wildman–Crippen LogP) is 2.05. The SMILES string of the molecule is Cc1csc(CN=C(NCC(O)COCC2CC2)NC2CC2)n1.I. The molecule has 24 heavy (non-hydrogen) atoms. The van der Waals surface area contributed by atoms with Gasteiger partial charge in [-0.2, -0.15) is 0 Å². The number of aryl methyl sites for hydroxylation is 1. The van der Waals surface area contributed by atoms with Crippen LogP contribution in [0.4, 0.5) is 0 Å². The average molecular weight is 466 g/mol. The van der Waals surface area contributed by atoms with Gasteiger partial charge in [0.25, 0.3) is 0 Å². The van der Waals surface area contributed by atoms with Crippen LogP contribution in [0.2, 0.25) is 0 Å². The van der Waals surface area contributed by atoms with Crippen LogP contribution in [0.15, 0.2) is 10.4 Å². The number of halogens is 1. The van der Waals surface area contributed by atoms with Crippen LogP contribution in [0.3, 0.4) is 0 Å². The summed E-state index contributed by atoms with van der Waals surface area (Å²) in [5.74, 6) is 1.48. The van der Waals surface area contributed by atoms with Gasteiger partial charge in [-0.05, 0) is 38.5 Å². The molecule has 3 N–H and O–H groups in total. The van der Waals surface area contributed by atoms with Gasteiger partial charge in [0.2, 0.25) is 0 Å². The number of aromatic nitrogens is 1. The topological polar surface area (TPSA) is 78.8 Å². The number of nitrogens with zero attached hydrogens (tertiary/aromatic N) is 2. The Morgan fingerprint density at radius 1 is 1.46 bits per heavy atom. The zero-order valence-electron chi connectivity index (χ0n) is 14.0. The molecule has 1 aromatic heterocycles. The molecule has 2 aliphatic carbocycles. The molecule has 2 fully saturated rings. The van der Waals surface area contributed by atoms with Crippen molar-refractivity contribution in [1.29, 1.82) is 0 Å². The molecule has 8 heteroatoms. The van der Waals surface area contributed by atoms with Crippen LogP contribution in [0.25, 0.3) is 0 Å². The summed E-state index contributed by atoms with van der Waals surface area (Å²) in [6.45, 7) is 4.16. The fourth-order valence-corrected chi connectivity index (χ4v) is 2.82. The lowest BCUT2D eigenvalue weighted by molar-refractivity contribution is 0.0345. The van der Waals surface area contributed by atoms with Crippen LogP contribution in [0, 0.1) is 12.8 Å². The van der Waals surface area contributed by atoms with Crippen molar-refractivity contribution in [3.8, 4) is 0 Å². The van der Waals surface area contributed by atoms with Gasteiger partial charge in [-0.25, -0.2) is 9.98 Å². The van der Waals surface area contributed by atoms with E-state index in [1.807, 2.05) is 12.3 Å². The highest BCUT2D eigenvalue weighted by atomic mass is 127. The number of ether oxygens (including phenoxy) is 1. The molecule has 0 aromatic carbocycles. The largest absolute Gasteiger partial charge is 0.389 e. The Kier molecular flexibility index (Phi) is 8.18. The number of thiazole rings is 1. The van der Waals surface area contributed by atoms with E-state index < -0.39 is 6.10 Å². The first kappa shape index (κ1) is 19.9. The molecule has 1 aromatic rings. The highest BCUT2D eigenvalue weighted by Gasteiger charge is 2.23. The predicted molar refractivity (Wildman–Crippen MR) is 107 cm³/mol. The first-order chi connectivity index (χ1) is 11.2. The van der Waals surface area contributed by atoms with E-state index in [0.29, 0.717) is 25.7 Å². The molecule has 2 aliphatic rings. The molecular weight excluding hydrogens is 439 g/mol. The van der Waals surface area contributed by atoms with E-state index in [2.05, 4.69) is 20.6 Å². The van der Waals surface area contributed by atoms with Gasteiger partial charge in [0, 0.05) is 30.3 Å². The van der Waals surface area contributed by atoms with Gasteiger partial charge >= 0.3 is 0 Å². The van der Waals surface area contributed by atoms with Gasteiger partial charge in [-0.15, -0.1) is 35.3 Å². The summed E-state index contributed by atoms with van der Waals surface area (Å²) in [4.78, 5) is 8.99. The molecule has 0 saturated heterocycles. The number of rotatable bonds is 9. The van der Waals surface area contributed by atoms with Crippen molar-refractivity contribution in [2.75, 3.05) is 19.8 Å². The van der Waals surface area contributed by atoms with E-state index >= 15 is 0 Å². The number of hydrogen-bond acceptors (Lipinski definition) is 5. The molecular formula is C16H27IN4O2S. The van der Waals surface area contributed by atoms with Crippen molar-refractivity contribution in [2.45, 2.75) is 51.3 Å². The maximum absolute atomic E-state index is 9.99. The molecule has 0 radical (unpaired) electrons. The summed E-state index contributed by atoms with van der Waals surface area (Å²) in [6.07, 6.45) is 4.40. The van der Waals surface area contributed by atoms with Gasteiger partial charge in [-0.1, -0.05) is 0 Å². The van der Waals surface area contributed by atoms with Crippen molar-refractivity contribution >= 4 is 41.3 Å². The smallest absolute Gasteiger partial charge is 0.191 e. The fraction of sp³-hybridized carbons (Fsp3) is 0.750. The zero-order chi connectivity index (χ0) is 16.1. The molecule has 0 spiro atoms. The minimum atomic E-state index is -0.512. The lowest BCUT2D eigenvalue weighted by Crippen LogP contribution is -2.43. The van der Waals surface area contributed by atoms with Crippen LogP contribution in [-0.2, 0) is 11.3 Å². The molecule has 2 saturated carbocycles. The van der Waals surface area contributed by atoms with Crippen molar-refractivity contribution in [3.63, 3.8) is 0 Å². The molecule has 1 atom stereocenters. The third kappa shape index (κ3) is 7.62. The normalized spacial score (nSPS) is 18.8. The number of nitrogens with one attached hydrogen (secondary N) is 2. The second kappa shape index (κ2) is 9.88. The third-order valence-corrected chi connectivity index (χ3v) is 4.77. The third-order valence-electron chi connectivity index (χ3n) is 3.82. The minimum Gasteiger partial charge on any atom is -0.389 e. The average Bonchev–Trinajstić information content (AvgIpc) is 3.44. The zero-order valence-corrected chi connectivity index (χ0v) is 17.2. The maximum atomic E-state index is 9.99. The van der Waals surface area contributed by atoms with Crippen LogP contribution in [0.1, 0.15) is 36.4 Å². The number of aliphatic imine (C=N–C) groups is 1. The fourth-order valence-electron chi connectivity index (χ4n) is 2.12. The van der Waals surface area contributed by atoms with E-state index in [1.165, 1.54) is 25.7 Å². The van der Waals surface area contributed by atoms with E-state index in [9.17, 15) is 5.11 Å². The van der Waals surface area contributed by atoms with Crippen LogP contribution >= 0.6 is 35.3 Å². The molecule has 0 bridgehead atoms. The molecule has 3 rings (SSSR count). The van der Waals surface area contributed by atoms with Crippen LogP contribution < -0.4 is 10.6 Å². The number of aliphatic hydroxyl groups is 1. The minimum absolute atomic E-state index is 0. The Morgan fingerprint density at radius 2 is 2.25 bits per heavy atom. The maximum Gasteiger partial charge on any atom is 0.191 e. The van der Waals surface area contributed by atoms with E-state index in [0.717, 1.165) is 29.2 Å². The van der Waals surface area contributed by atoms with Gasteiger partial charge in [0.1, 0.15) is 5.01 Å². The lowest BCUT2D eigenvalue weighted by Gasteiger charge is -2.15. The monoisotopic (exact) mass is 466 g/mol. The van der Waals surface area contributed by atoms with Crippen molar-refractivity contribution in [1.82, 2.24) is 15.6 Å². The van der Waals surface area contributed by atoms with Crippen molar-refractivity contribution in [2.24, 2.45) is 10.9 Å². The summed E-state index contributed by atoms with van der Waals surface area (Å²) >= 11 is 1.63. The molecule has 6 nitrogen and oxygen atoms in total. The molecule has 0 amide bonds. The molecule has 1 heterocycles. The van der Waals surface area contributed by atoms with Gasteiger partial charge < -0.3 is 20.5 Å². The van der Waals surface area contributed by atoms with Gasteiger partial charge in [0.05, 0.1) is 19.3 Å². The summed E-state index contributed by atoms with van der Waals surface area (Å²) in [7, 11) is 0. The Hall–Kier alpha value is -0.450. The number of aliphatic hydroxyl groups excluding tert-OH is 1. The van der Waals surface area contributed by atoms with Gasteiger partial charge in [-0.3, -0.25) is 0 Å². The highest BCUT2D eigenvalue weighted by Crippen LogP contribution is 2.28. The summed E-state index contributed by atoms with van der Waals surface area (Å²) in [5.41, 5.74) is 1.04. The summed E-state index contributed by atoms with van der Waals surface area (Å²) in [5, 5.41) is 19.6. The molecule has 1 unspecified atom stereocenters. The number of hydrogen-bond donors (Lipinski definition) is 3. The second-order valence-electron chi connectivity index (χ2n) is 6.48. The van der Waals surface area contributed by atoms with Crippen LogP contribution in [0.5, 0.6) is 0 Å². The quantitative estimate of drug-likeness (QED) is 0.295. The lowest BCUT2D eigenvalue weighted by atomic mass is 10.4. The second-order valence-corrected chi connectivity index (χ2v) is 7.42. The van der Waals surface area contributed by atoms with Crippen LogP contribution in [-0.4, -0.2) is 48.0 Å². The van der Waals surface area contributed by atoms with E-state index in [4.69, 9.17) is 4.74 Å². The van der Waals surface area contributed by atoms with Crippen molar-refractivity contribution in [3.05, 3.63) is 16.1 Å².